The highest BCUT2D eigenvalue weighted by molar-refractivity contribution is 7.10. The Morgan fingerprint density at radius 2 is 0.764 bits per heavy atom. The topological polar surface area (TPSA) is 155 Å². The molecule has 55 heavy (non-hydrogen) atoms. The molecule has 320 valence electrons. The zero-order valence-electron chi connectivity index (χ0n) is 29.7. The standard InChI is InChI=1S/C33H48F8O12S2/c34-30(35,7-11-48-17-26(44)21-50-19-24(42)15-46-9-5-28-3-1-13-54-28)52-32(38,39)23-33(40,41)53-31(36,37)8-12-49-18-27(45)22-51-20-25(43)16-47-10-6-29-4-2-14-55-29/h1-4,13-14,24-27,42-45H,5-12,15-23H2. The van der Waals surface area contributed by atoms with Crippen molar-refractivity contribution in [2.45, 2.75) is 81.0 Å². The van der Waals surface area contributed by atoms with E-state index in [4.69, 9.17) is 28.4 Å². The molecule has 0 aromatic carbocycles. The lowest BCUT2D eigenvalue weighted by molar-refractivity contribution is -0.432. The van der Waals surface area contributed by atoms with Crippen LogP contribution < -0.4 is 0 Å². The summed E-state index contributed by atoms with van der Waals surface area (Å²) in [6.45, 7) is -3.77. The highest BCUT2D eigenvalue weighted by atomic mass is 32.1. The summed E-state index contributed by atoms with van der Waals surface area (Å²) in [5.41, 5.74) is 0. The van der Waals surface area contributed by atoms with Gasteiger partial charge in [0.05, 0.1) is 92.1 Å². The Bertz CT molecular complexity index is 1140. The van der Waals surface area contributed by atoms with E-state index in [1.54, 1.807) is 22.7 Å². The normalized spacial score (nSPS) is 15.3. The maximum Gasteiger partial charge on any atom is 0.368 e. The average molecular weight is 853 g/mol. The molecule has 2 aromatic rings. The largest absolute Gasteiger partial charge is 0.388 e. The zero-order chi connectivity index (χ0) is 40.8. The van der Waals surface area contributed by atoms with E-state index in [-0.39, 0.29) is 39.6 Å². The second-order valence-corrected chi connectivity index (χ2v) is 14.1. The van der Waals surface area contributed by atoms with Gasteiger partial charge in [0.1, 0.15) is 30.8 Å². The Hall–Kier alpha value is -1.64. The smallest absolute Gasteiger partial charge is 0.368 e. The number of ether oxygens (including phenoxy) is 8. The van der Waals surface area contributed by atoms with Gasteiger partial charge in [0.15, 0.2) is 0 Å². The van der Waals surface area contributed by atoms with Crippen molar-refractivity contribution in [3.63, 3.8) is 0 Å². The van der Waals surface area contributed by atoms with Crippen LogP contribution in [0.5, 0.6) is 0 Å². The van der Waals surface area contributed by atoms with Crippen LogP contribution in [0.1, 0.15) is 29.0 Å². The van der Waals surface area contributed by atoms with Crippen molar-refractivity contribution in [2.75, 3.05) is 79.3 Å². The molecule has 0 amide bonds. The second kappa shape index (κ2) is 25.7. The van der Waals surface area contributed by atoms with Crippen LogP contribution in [0, 0.1) is 0 Å². The number of halogens is 8. The van der Waals surface area contributed by atoms with E-state index in [9.17, 15) is 55.5 Å². The molecule has 12 nitrogen and oxygen atoms in total. The van der Waals surface area contributed by atoms with E-state index >= 15 is 0 Å². The van der Waals surface area contributed by atoms with E-state index in [1.807, 2.05) is 35.0 Å². The highest BCUT2D eigenvalue weighted by Gasteiger charge is 2.54. The van der Waals surface area contributed by atoms with Gasteiger partial charge in [-0.15, -0.1) is 22.7 Å². The molecule has 22 heteroatoms. The van der Waals surface area contributed by atoms with Gasteiger partial charge in [0.25, 0.3) is 0 Å². The summed E-state index contributed by atoms with van der Waals surface area (Å²) in [6, 6.07) is 7.66. The fraction of sp³-hybridized carbons (Fsp3) is 0.758. The Morgan fingerprint density at radius 1 is 0.455 bits per heavy atom. The van der Waals surface area contributed by atoms with Gasteiger partial charge in [-0.1, -0.05) is 12.1 Å². The molecule has 0 aliphatic rings. The van der Waals surface area contributed by atoms with Crippen LogP contribution in [0.2, 0.25) is 0 Å². The zero-order valence-corrected chi connectivity index (χ0v) is 31.3. The second-order valence-electron chi connectivity index (χ2n) is 12.1. The molecule has 2 heterocycles. The lowest BCUT2D eigenvalue weighted by atomic mass is 10.3. The maximum absolute atomic E-state index is 14.0. The van der Waals surface area contributed by atoms with Crippen molar-refractivity contribution in [1.29, 1.82) is 0 Å². The predicted octanol–water partition coefficient (Wildman–Crippen LogP) is 4.71. The molecule has 0 radical (unpaired) electrons. The van der Waals surface area contributed by atoms with E-state index in [0.29, 0.717) is 26.1 Å². The Labute approximate surface area is 320 Å². The molecule has 4 atom stereocenters. The summed E-state index contributed by atoms with van der Waals surface area (Å²) in [5, 5.41) is 43.1. The lowest BCUT2D eigenvalue weighted by Crippen LogP contribution is -2.42. The van der Waals surface area contributed by atoms with Gasteiger partial charge in [-0.05, 0) is 22.9 Å². The molecular formula is C33H48F8O12S2. The highest BCUT2D eigenvalue weighted by Crippen LogP contribution is 2.40. The van der Waals surface area contributed by atoms with Crippen LogP contribution >= 0.6 is 22.7 Å². The Kier molecular flexibility index (Phi) is 23.1. The van der Waals surface area contributed by atoms with E-state index < -0.39 is 94.5 Å². The van der Waals surface area contributed by atoms with E-state index in [2.05, 4.69) is 9.47 Å². The molecule has 0 fully saturated rings. The molecule has 2 rings (SSSR count). The van der Waals surface area contributed by atoms with Crippen molar-refractivity contribution < 1.29 is 93.4 Å². The molecule has 0 saturated carbocycles. The van der Waals surface area contributed by atoms with Crippen LogP contribution in [-0.4, -0.2) is 149 Å². The summed E-state index contributed by atoms with van der Waals surface area (Å²) in [5.74, 6) is 0. The van der Waals surface area contributed by atoms with Crippen molar-refractivity contribution >= 4 is 22.7 Å². The Morgan fingerprint density at radius 3 is 1.07 bits per heavy atom. The molecule has 0 spiro atoms. The molecule has 0 aliphatic heterocycles. The number of aliphatic hydroxyl groups excluding tert-OH is 4. The van der Waals surface area contributed by atoms with Gasteiger partial charge >= 0.3 is 24.4 Å². The van der Waals surface area contributed by atoms with Crippen LogP contribution in [0.25, 0.3) is 0 Å². The fourth-order valence-corrected chi connectivity index (χ4v) is 5.62. The first kappa shape index (κ1) is 49.5. The van der Waals surface area contributed by atoms with Gasteiger partial charge in [-0.2, -0.15) is 35.1 Å². The van der Waals surface area contributed by atoms with Crippen molar-refractivity contribution in [3.05, 3.63) is 44.8 Å². The van der Waals surface area contributed by atoms with Crippen LogP contribution in [0.3, 0.4) is 0 Å². The van der Waals surface area contributed by atoms with Gasteiger partial charge in [0, 0.05) is 22.6 Å². The SMILES string of the molecule is OC(COCCc1cccs1)COCC(O)COCCC(F)(F)OC(F)(F)CC(F)(F)OC(F)(F)CCOCC(O)COCC(O)COCCc1cccs1. The van der Waals surface area contributed by atoms with Crippen LogP contribution in [-0.2, 0) is 50.7 Å². The predicted molar refractivity (Wildman–Crippen MR) is 181 cm³/mol. The van der Waals surface area contributed by atoms with Crippen LogP contribution in [0.4, 0.5) is 35.1 Å². The molecule has 0 saturated heterocycles. The number of aliphatic hydroxyl groups is 4. The van der Waals surface area contributed by atoms with E-state index in [1.165, 1.54) is 0 Å². The van der Waals surface area contributed by atoms with E-state index in [0.717, 1.165) is 9.75 Å². The summed E-state index contributed by atoms with van der Waals surface area (Å²) >= 11 is 3.12. The summed E-state index contributed by atoms with van der Waals surface area (Å²) < 4.78 is 148. The number of hydrogen-bond donors (Lipinski definition) is 4. The molecular weight excluding hydrogens is 804 g/mol. The van der Waals surface area contributed by atoms with Gasteiger partial charge < -0.3 is 48.8 Å². The van der Waals surface area contributed by atoms with Crippen molar-refractivity contribution in [1.82, 2.24) is 0 Å². The minimum atomic E-state index is -5.34. The molecule has 0 aliphatic carbocycles. The van der Waals surface area contributed by atoms with Crippen molar-refractivity contribution in [2.24, 2.45) is 0 Å². The first-order valence-electron chi connectivity index (χ1n) is 17.0. The third-order valence-corrected chi connectivity index (χ3v) is 8.58. The number of thiophene rings is 2. The monoisotopic (exact) mass is 852 g/mol. The third-order valence-electron chi connectivity index (χ3n) is 6.71. The molecule has 4 unspecified atom stereocenters. The minimum absolute atomic E-state index is 0.0427. The first-order valence-corrected chi connectivity index (χ1v) is 18.8. The van der Waals surface area contributed by atoms with Crippen molar-refractivity contribution in [3.8, 4) is 0 Å². The van der Waals surface area contributed by atoms with Gasteiger partial charge in [-0.25, -0.2) is 0 Å². The number of rotatable bonds is 34. The maximum atomic E-state index is 14.0. The minimum Gasteiger partial charge on any atom is -0.388 e. The third kappa shape index (κ3) is 25.4. The quantitative estimate of drug-likeness (QED) is 0.0570. The molecule has 0 bridgehead atoms. The summed E-state index contributed by atoms with van der Waals surface area (Å²) in [4.78, 5) is 2.21. The number of alkyl halides is 8. The molecule has 4 N–H and O–H groups in total. The molecule has 2 aromatic heterocycles. The Balaban J connectivity index is 1.54. The first-order chi connectivity index (χ1) is 25.9. The lowest BCUT2D eigenvalue weighted by Gasteiger charge is -2.28. The van der Waals surface area contributed by atoms with Crippen LogP contribution in [0.15, 0.2) is 35.0 Å². The fourth-order valence-electron chi connectivity index (χ4n) is 4.24. The van der Waals surface area contributed by atoms with Gasteiger partial charge in [0.2, 0.25) is 0 Å². The van der Waals surface area contributed by atoms with Gasteiger partial charge in [-0.3, -0.25) is 9.47 Å². The summed E-state index contributed by atoms with van der Waals surface area (Å²) in [7, 11) is 0. The average Bonchev–Trinajstić information content (AvgIpc) is 3.79. The number of hydrogen-bond acceptors (Lipinski definition) is 14. The summed E-state index contributed by atoms with van der Waals surface area (Å²) in [6.07, 6.45) is -29.8.